The number of aromatic nitrogens is 2. The highest BCUT2D eigenvalue weighted by atomic mass is 16.5. The maximum Gasteiger partial charge on any atom is 0.120 e. The van der Waals surface area contributed by atoms with Gasteiger partial charge in [-0.05, 0) is 44.7 Å². The first-order valence-corrected chi connectivity index (χ1v) is 6.53. The van der Waals surface area contributed by atoms with Crippen LogP contribution in [0.15, 0.2) is 36.5 Å². The Hall–Kier alpha value is -1.81. The van der Waals surface area contributed by atoms with Crippen molar-refractivity contribution in [3.05, 3.63) is 47.8 Å². The van der Waals surface area contributed by atoms with Gasteiger partial charge in [0.25, 0.3) is 0 Å². The van der Waals surface area contributed by atoms with E-state index in [0.29, 0.717) is 0 Å². The molecule has 0 spiro atoms. The number of rotatable bonds is 5. The van der Waals surface area contributed by atoms with Gasteiger partial charge in [-0.1, -0.05) is 12.1 Å². The SMILES string of the molecule is CNC(c1cccc(OC(C)C)c1)c1ccn(C)n1. The molecule has 2 aromatic rings. The van der Waals surface area contributed by atoms with Crippen LogP contribution in [0, 0.1) is 0 Å². The lowest BCUT2D eigenvalue weighted by atomic mass is 10.0. The molecular weight excluding hydrogens is 238 g/mol. The zero-order chi connectivity index (χ0) is 13.8. The first kappa shape index (κ1) is 13.6. The summed E-state index contributed by atoms with van der Waals surface area (Å²) in [5, 5.41) is 7.76. The molecule has 0 aliphatic heterocycles. The molecule has 4 nitrogen and oxygen atoms in total. The molecule has 0 aliphatic rings. The van der Waals surface area contributed by atoms with Crippen molar-refractivity contribution in [3.63, 3.8) is 0 Å². The summed E-state index contributed by atoms with van der Waals surface area (Å²) in [5.41, 5.74) is 2.16. The fourth-order valence-electron chi connectivity index (χ4n) is 2.11. The highest BCUT2D eigenvalue weighted by Crippen LogP contribution is 2.24. The summed E-state index contributed by atoms with van der Waals surface area (Å²) < 4.78 is 7.55. The molecule has 1 atom stereocenters. The number of ether oxygens (including phenoxy) is 1. The van der Waals surface area contributed by atoms with E-state index in [1.165, 1.54) is 0 Å². The monoisotopic (exact) mass is 259 g/mol. The summed E-state index contributed by atoms with van der Waals surface area (Å²) in [6.07, 6.45) is 2.13. The van der Waals surface area contributed by atoms with Crippen molar-refractivity contribution in [1.29, 1.82) is 0 Å². The third-order valence-electron chi connectivity index (χ3n) is 2.88. The predicted octanol–water partition coefficient (Wildman–Crippen LogP) is 2.52. The topological polar surface area (TPSA) is 39.1 Å². The minimum Gasteiger partial charge on any atom is -0.491 e. The highest BCUT2D eigenvalue weighted by Gasteiger charge is 2.15. The van der Waals surface area contributed by atoms with Gasteiger partial charge < -0.3 is 10.1 Å². The Bertz CT molecular complexity index is 534. The standard InChI is InChI=1S/C15H21N3O/c1-11(2)19-13-7-5-6-12(10-13)15(16-3)14-8-9-18(4)17-14/h5-11,15-16H,1-4H3. The van der Waals surface area contributed by atoms with Crippen LogP contribution in [0.4, 0.5) is 0 Å². The predicted molar refractivity (Wildman–Crippen MR) is 76.3 cm³/mol. The molecule has 0 bridgehead atoms. The van der Waals surface area contributed by atoms with E-state index in [0.717, 1.165) is 17.0 Å². The second-order valence-corrected chi connectivity index (χ2v) is 4.88. The lowest BCUT2D eigenvalue weighted by Crippen LogP contribution is -2.18. The largest absolute Gasteiger partial charge is 0.491 e. The lowest BCUT2D eigenvalue weighted by Gasteiger charge is -2.16. The molecule has 0 saturated carbocycles. The Morgan fingerprint density at radius 3 is 2.63 bits per heavy atom. The van der Waals surface area contributed by atoms with Gasteiger partial charge >= 0.3 is 0 Å². The van der Waals surface area contributed by atoms with Gasteiger partial charge in [-0.2, -0.15) is 5.10 Å². The summed E-state index contributed by atoms with van der Waals surface area (Å²) >= 11 is 0. The van der Waals surface area contributed by atoms with Crippen LogP contribution in [-0.2, 0) is 7.05 Å². The van der Waals surface area contributed by atoms with Crippen molar-refractivity contribution < 1.29 is 4.74 Å². The minimum atomic E-state index is 0.0805. The average Bonchev–Trinajstić information content (AvgIpc) is 2.76. The van der Waals surface area contributed by atoms with E-state index in [9.17, 15) is 0 Å². The molecule has 0 saturated heterocycles. The van der Waals surface area contributed by atoms with Gasteiger partial charge in [0, 0.05) is 13.2 Å². The Labute approximate surface area is 114 Å². The van der Waals surface area contributed by atoms with Crippen molar-refractivity contribution >= 4 is 0 Å². The van der Waals surface area contributed by atoms with E-state index in [1.54, 1.807) is 0 Å². The second kappa shape index (κ2) is 5.89. The third-order valence-corrected chi connectivity index (χ3v) is 2.88. The molecule has 1 aromatic carbocycles. The number of aryl methyl sites for hydroxylation is 1. The van der Waals surface area contributed by atoms with Gasteiger partial charge in [0.05, 0.1) is 17.8 Å². The molecule has 0 amide bonds. The summed E-state index contributed by atoms with van der Waals surface area (Å²) in [6.45, 7) is 4.06. The number of nitrogens with one attached hydrogen (secondary N) is 1. The molecule has 102 valence electrons. The van der Waals surface area contributed by atoms with E-state index in [-0.39, 0.29) is 12.1 Å². The van der Waals surface area contributed by atoms with Crippen molar-refractivity contribution in [2.45, 2.75) is 26.0 Å². The van der Waals surface area contributed by atoms with E-state index in [1.807, 2.05) is 57.0 Å². The molecular formula is C15H21N3O. The molecule has 1 aromatic heterocycles. The van der Waals surface area contributed by atoms with Gasteiger partial charge in [0.1, 0.15) is 5.75 Å². The maximum absolute atomic E-state index is 5.74. The maximum atomic E-state index is 5.74. The van der Waals surface area contributed by atoms with Crippen LogP contribution in [0.2, 0.25) is 0 Å². The summed E-state index contributed by atoms with van der Waals surface area (Å²) in [4.78, 5) is 0. The van der Waals surface area contributed by atoms with Gasteiger partial charge in [0.2, 0.25) is 0 Å². The molecule has 1 N–H and O–H groups in total. The Morgan fingerprint density at radius 1 is 1.26 bits per heavy atom. The quantitative estimate of drug-likeness (QED) is 0.896. The molecule has 19 heavy (non-hydrogen) atoms. The Balaban J connectivity index is 2.28. The first-order chi connectivity index (χ1) is 9.10. The van der Waals surface area contributed by atoms with E-state index < -0.39 is 0 Å². The fourth-order valence-corrected chi connectivity index (χ4v) is 2.11. The average molecular weight is 259 g/mol. The highest BCUT2D eigenvalue weighted by molar-refractivity contribution is 5.34. The molecule has 1 heterocycles. The van der Waals surface area contributed by atoms with Crippen LogP contribution in [0.3, 0.4) is 0 Å². The summed E-state index contributed by atoms with van der Waals surface area (Å²) in [5.74, 6) is 0.892. The lowest BCUT2D eigenvalue weighted by molar-refractivity contribution is 0.242. The zero-order valence-electron chi connectivity index (χ0n) is 11.9. The number of hydrogen-bond acceptors (Lipinski definition) is 3. The van der Waals surface area contributed by atoms with Crippen LogP contribution in [-0.4, -0.2) is 22.9 Å². The van der Waals surface area contributed by atoms with Crippen LogP contribution in [0.1, 0.15) is 31.1 Å². The summed E-state index contributed by atoms with van der Waals surface area (Å²) in [6, 6.07) is 10.3. The Morgan fingerprint density at radius 2 is 2.05 bits per heavy atom. The van der Waals surface area contributed by atoms with Crippen molar-refractivity contribution in [3.8, 4) is 5.75 Å². The van der Waals surface area contributed by atoms with Crippen LogP contribution < -0.4 is 10.1 Å². The minimum absolute atomic E-state index is 0.0805. The molecule has 0 radical (unpaired) electrons. The molecule has 0 fully saturated rings. The van der Waals surface area contributed by atoms with Gasteiger partial charge in [0.15, 0.2) is 0 Å². The molecule has 2 rings (SSSR count). The van der Waals surface area contributed by atoms with Gasteiger partial charge in [-0.25, -0.2) is 0 Å². The van der Waals surface area contributed by atoms with Crippen LogP contribution in [0.25, 0.3) is 0 Å². The number of hydrogen-bond donors (Lipinski definition) is 1. The Kier molecular flexibility index (Phi) is 4.22. The van der Waals surface area contributed by atoms with Gasteiger partial charge in [-0.3, -0.25) is 4.68 Å². The third kappa shape index (κ3) is 3.35. The zero-order valence-corrected chi connectivity index (χ0v) is 11.9. The molecule has 4 heteroatoms. The van der Waals surface area contributed by atoms with Crippen molar-refractivity contribution in [2.75, 3.05) is 7.05 Å². The molecule has 1 unspecified atom stereocenters. The number of nitrogens with zero attached hydrogens (tertiary/aromatic N) is 2. The fraction of sp³-hybridized carbons (Fsp3) is 0.400. The second-order valence-electron chi connectivity index (χ2n) is 4.88. The van der Waals surface area contributed by atoms with E-state index >= 15 is 0 Å². The smallest absolute Gasteiger partial charge is 0.120 e. The molecule has 0 aliphatic carbocycles. The van der Waals surface area contributed by atoms with E-state index in [2.05, 4.69) is 22.5 Å². The van der Waals surface area contributed by atoms with Gasteiger partial charge in [-0.15, -0.1) is 0 Å². The summed E-state index contributed by atoms with van der Waals surface area (Å²) in [7, 11) is 3.86. The number of benzene rings is 1. The first-order valence-electron chi connectivity index (χ1n) is 6.53. The normalized spacial score (nSPS) is 12.7. The van der Waals surface area contributed by atoms with Crippen LogP contribution >= 0.6 is 0 Å². The van der Waals surface area contributed by atoms with Crippen LogP contribution in [0.5, 0.6) is 5.75 Å². The van der Waals surface area contributed by atoms with Crippen molar-refractivity contribution in [2.24, 2.45) is 7.05 Å². The van der Waals surface area contributed by atoms with E-state index in [4.69, 9.17) is 4.74 Å². The van der Waals surface area contributed by atoms with Crippen molar-refractivity contribution in [1.82, 2.24) is 15.1 Å².